The lowest BCUT2D eigenvalue weighted by atomic mass is 9.96. The molecule has 2 aliphatic heterocycles. The molecule has 0 atom stereocenters. The van der Waals surface area contributed by atoms with Crippen LogP contribution >= 0.6 is 22.7 Å². The van der Waals surface area contributed by atoms with Gasteiger partial charge in [0.2, 0.25) is 20.0 Å². The van der Waals surface area contributed by atoms with E-state index in [0.717, 1.165) is 34.5 Å². The molecule has 346 valence electrons. The Morgan fingerprint density at radius 2 is 1.09 bits per heavy atom. The highest BCUT2D eigenvalue weighted by Crippen LogP contribution is 2.34. The molecule has 0 radical (unpaired) electrons. The topological polar surface area (TPSA) is 144 Å². The average Bonchev–Trinajstić information content (AvgIpc) is 4.00. The summed E-state index contributed by atoms with van der Waals surface area (Å²) in [7, 11) is -1.27. The highest BCUT2D eigenvalue weighted by Gasteiger charge is 2.33. The number of aromatic nitrogens is 2. The Morgan fingerprint density at radius 1 is 0.554 bits per heavy atom. The summed E-state index contributed by atoms with van der Waals surface area (Å²) < 4.78 is 76.8. The zero-order chi connectivity index (χ0) is 46.3. The Morgan fingerprint density at radius 3 is 1.63 bits per heavy atom. The van der Waals surface area contributed by atoms with Gasteiger partial charge in [0.25, 0.3) is 0 Å². The van der Waals surface area contributed by atoms with Crippen molar-refractivity contribution in [1.29, 1.82) is 0 Å². The number of benzene rings is 4. The fourth-order valence-electron chi connectivity index (χ4n) is 8.01. The van der Waals surface area contributed by atoms with E-state index in [4.69, 9.17) is 28.9 Å². The summed E-state index contributed by atoms with van der Waals surface area (Å²) in [4.78, 5) is 14.3. The lowest BCUT2D eigenvalue weighted by molar-refractivity contribution is 0.353. The van der Waals surface area contributed by atoms with Crippen molar-refractivity contribution >= 4 is 53.0 Å². The van der Waals surface area contributed by atoms with Gasteiger partial charge < -0.3 is 28.7 Å². The molecule has 65 heavy (non-hydrogen) atoms. The van der Waals surface area contributed by atoms with Gasteiger partial charge in [-0.2, -0.15) is 8.61 Å². The van der Waals surface area contributed by atoms with Gasteiger partial charge in [-0.25, -0.2) is 26.8 Å². The third-order valence-electron chi connectivity index (χ3n) is 11.5. The standard InChI is InChI=1S/C25H31N3O4S2.C22H25N3O4S2/c1-17-12-18(2)22(19(3)13-17)14-20-16-33-25(26-20)27-8-10-28(11-9-27)34(29,30)21-6-7-23(31-4)24(15-21)32-5;1-28-19-8-9-21(20(15-19)29-2)31(26,27)25-12-10-24(11-13-25)22-23-18(16-30-22)14-17-6-4-3-5-7-17/h6-7,12-13,15-16H,8-11,14H2,1-5H3;3-9,15-16H,10-14H2,1-2H3. The van der Waals surface area contributed by atoms with E-state index >= 15 is 0 Å². The van der Waals surface area contributed by atoms with Crippen molar-refractivity contribution in [3.05, 3.63) is 129 Å². The molecule has 18 heteroatoms. The molecule has 0 saturated carbocycles. The van der Waals surface area contributed by atoms with Gasteiger partial charge in [0.15, 0.2) is 21.8 Å². The minimum atomic E-state index is -3.66. The van der Waals surface area contributed by atoms with Gasteiger partial charge in [0.05, 0.1) is 44.7 Å². The summed E-state index contributed by atoms with van der Waals surface area (Å²) in [6.07, 6.45) is 1.60. The van der Waals surface area contributed by atoms with Crippen molar-refractivity contribution in [3.63, 3.8) is 0 Å². The predicted octanol–water partition coefficient (Wildman–Crippen LogP) is 7.45. The Balaban J connectivity index is 0.000000195. The number of rotatable bonds is 14. The molecule has 2 saturated heterocycles. The first-order valence-corrected chi connectivity index (χ1v) is 25.8. The van der Waals surface area contributed by atoms with E-state index in [1.54, 1.807) is 46.9 Å². The molecule has 8 rings (SSSR count). The Labute approximate surface area is 391 Å². The normalized spacial score (nSPS) is 15.0. The van der Waals surface area contributed by atoms with Gasteiger partial charge in [-0.3, -0.25) is 0 Å². The van der Waals surface area contributed by atoms with Crippen molar-refractivity contribution in [2.24, 2.45) is 0 Å². The number of nitrogens with zero attached hydrogens (tertiary/aromatic N) is 6. The van der Waals surface area contributed by atoms with Gasteiger partial charge in [-0.15, -0.1) is 22.7 Å². The van der Waals surface area contributed by atoms with Gasteiger partial charge in [0.1, 0.15) is 16.4 Å². The van der Waals surface area contributed by atoms with Crippen LogP contribution in [0.15, 0.2) is 99.4 Å². The highest BCUT2D eigenvalue weighted by molar-refractivity contribution is 7.89. The molecule has 2 aliphatic rings. The quantitative estimate of drug-likeness (QED) is 0.107. The van der Waals surface area contributed by atoms with Crippen LogP contribution in [0.4, 0.5) is 10.3 Å². The average molecular weight is 961 g/mol. The molecule has 6 aromatic rings. The van der Waals surface area contributed by atoms with E-state index < -0.39 is 20.0 Å². The van der Waals surface area contributed by atoms with Crippen LogP contribution < -0.4 is 28.7 Å². The smallest absolute Gasteiger partial charge is 0.246 e. The fraction of sp³-hybridized carbons (Fsp3) is 0.362. The second-order valence-corrected chi connectivity index (χ2v) is 21.3. The third kappa shape index (κ3) is 11.1. The lowest BCUT2D eigenvalue weighted by Gasteiger charge is -2.34. The van der Waals surface area contributed by atoms with Crippen LogP contribution in [0.25, 0.3) is 0 Å². The van der Waals surface area contributed by atoms with E-state index in [1.165, 1.54) is 77.0 Å². The number of ether oxygens (including phenoxy) is 4. The maximum absolute atomic E-state index is 13.2. The molecule has 14 nitrogen and oxygen atoms in total. The molecule has 2 aromatic heterocycles. The predicted molar refractivity (Wildman–Crippen MR) is 258 cm³/mol. The minimum Gasteiger partial charge on any atom is -0.497 e. The molecule has 4 heterocycles. The molecular formula is C47H56N6O8S4. The number of hydrogen-bond acceptors (Lipinski definition) is 14. The van der Waals surface area contributed by atoms with Gasteiger partial charge in [0, 0.05) is 88.1 Å². The number of piperazine rings is 2. The summed E-state index contributed by atoms with van der Waals surface area (Å²) in [6.45, 7) is 10.4. The van der Waals surface area contributed by atoms with Crippen molar-refractivity contribution in [2.45, 2.75) is 43.4 Å². The molecule has 0 unspecified atom stereocenters. The number of thiazole rings is 2. The molecule has 0 bridgehead atoms. The van der Waals surface area contributed by atoms with E-state index in [-0.39, 0.29) is 15.5 Å². The Kier molecular flexibility index (Phi) is 15.4. The Bertz CT molecular complexity index is 2760. The molecule has 4 aromatic carbocycles. The van der Waals surface area contributed by atoms with Gasteiger partial charge in [-0.05, 0) is 67.3 Å². The third-order valence-corrected chi connectivity index (χ3v) is 17.2. The van der Waals surface area contributed by atoms with Gasteiger partial charge >= 0.3 is 0 Å². The molecule has 0 amide bonds. The molecule has 0 aliphatic carbocycles. The van der Waals surface area contributed by atoms with Crippen LogP contribution in [0, 0.1) is 20.8 Å². The molecular weight excluding hydrogens is 905 g/mol. The second kappa shape index (κ2) is 20.9. The first-order chi connectivity index (χ1) is 31.2. The number of hydrogen-bond donors (Lipinski definition) is 0. The van der Waals surface area contributed by atoms with E-state index in [2.05, 4.69) is 65.6 Å². The van der Waals surface area contributed by atoms with Crippen LogP contribution in [-0.2, 0) is 32.9 Å². The minimum absolute atomic E-state index is 0.156. The van der Waals surface area contributed by atoms with Crippen LogP contribution in [0.3, 0.4) is 0 Å². The molecule has 0 spiro atoms. The number of sulfonamides is 2. The summed E-state index contributed by atoms with van der Waals surface area (Å²) >= 11 is 3.22. The van der Waals surface area contributed by atoms with Gasteiger partial charge in [-0.1, -0.05) is 48.0 Å². The van der Waals surface area contributed by atoms with Crippen LogP contribution in [-0.4, -0.2) is 116 Å². The number of aryl methyl sites for hydroxylation is 3. The first-order valence-electron chi connectivity index (χ1n) is 21.2. The summed E-state index contributed by atoms with van der Waals surface area (Å²) in [5.74, 6) is 1.74. The summed E-state index contributed by atoms with van der Waals surface area (Å²) in [6, 6.07) is 24.1. The number of anilines is 2. The molecule has 0 N–H and O–H groups in total. The largest absolute Gasteiger partial charge is 0.497 e. The SMILES string of the molecule is COc1ccc(S(=O)(=O)N2CCN(c3nc(Cc4c(C)cc(C)cc4C)cs3)CC2)cc1OC.COc1ccc(S(=O)(=O)N2CCN(c3nc(Cc4ccccc4)cs3)CC2)c(OC)c1. The van der Waals surface area contributed by atoms with E-state index in [1.807, 2.05) is 18.2 Å². The maximum atomic E-state index is 13.2. The summed E-state index contributed by atoms with van der Waals surface area (Å²) in [5, 5.41) is 6.07. The molecule has 2 fully saturated rings. The van der Waals surface area contributed by atoms with Crippen LogP contribution in [0.2, 0.25) is 0 Å². The summed E-state index contributed by atoms with van der Waals surface area (Å²) in [5.41, 5.74) is 8.50. The van der Waals surface area contributed by atoms with Crippen LogP contribution in [0.1, 0.15) is 39.2 Å². The van der Waals surface area contributed by atoms with Crippen molar-refractivity contribution in [3.8, 4) is 23.0 Å². The van der Waals surface area contributed by atoms with E-state index in [9.17, 15) is 16.8 Å². The lowest BCUT2D eigenvalue weighted by Crippen LogP contribution is -2.48. The van der Waals surface area contributed by atoms with Crippen molar-refractivity contribution in [2.75, 3.05) is 90.6 Å². The van der Waals surface area contributed by atoms with Crippen molar-refractivity contribution < 1.29 is 35.8 Å². The van der Waals surface area contributed by atoms with Crippen molar-refractivity contribution in [1.82, 2.24) is 18.6 Å². The Hall–Kier alpha value is -5.24. The first kappa shape index (κ1) is 47.7. The van der Waals surface area contributed by atoms with E-state index in [0.29, 0.717) is 69.6 Å². The highest BCUT2D eigenvalue weighted by atomic mass is 32.2. The zero-order valence-corrected chi connectivity index (χ0v) is 41.1. The second-order valence-electron chi connectivity index (χ2n) is 15.8. The zero-order valence-electron chi connectivity index (χ0n) is 37.8. The maximum Gasteiger partial charge on any atom is 0.246 e. The van der Waals surface area contributed by atoms with Crippen LogP contribution in [0.5, 0.6) is 23.0 Å². The monoisotopic (exact) mass is 960 g/mol. The number of methoxy groups -OCH3 is 4. The fourth-order valence-corrected chi connectivity index (χ4v) is 12.8.